The molecular weight excluding hydrogens is 1010 g/mol. The molecule has 0 aromatic heterocycles. The van der Waals surface area contributed by atoms with Crippen LogP contribution in [0.5, 0.6) is 0 Å². The van der Waals surface area contributed by atoms with E-state index < -0.39 is 6.10 Å². The fourth-order valence-corrected chi connectivity index (χ4v) is 8.28. The first-order valence-corrected chi connectivity index (χ1v) is 32.8. The normalized spacial score (nSPS) is 13.4. The van der Waals surface area contributed by atoms with Crippen LogP contribution in [-0.2, 0) is 28.6 Å². The molecule has 0 bridgehead atoms. The third-order valence-corrected chi connectivity index (χ3v) is 13.1. The number of allylic oxidation sites excluding steroid dienone is 30. The number of carbonyl (C=O) groups excluding carboxylic acids is 3. The summed E-state index contributed by atoms with van der Waals surface area (Å²) in [5.41, 5.74) is 0. The summed E-state index contributed by atoms with van der Waals surface area (Å²) in [6.07, 6.45) is 102. The van der Waals surface area contributed by atoms with Crippen molar-refractivity contribution < 1.29 is 28.6 Å². The van der Waals surface area contributed by atoms with Crippen molar-refractivity contribution in [3.8, 4) is 0 Å². The van der Waals surface area contributed by atoms with Gasteiger partial charge in [-0.1, -0.05) is 261 Å². The predicted molar refractivity (Wildman–Crippen MR) is 357 cm³/mol. The van der Waals surface area contributed by atoms with Crippen molar-refractivity contribution in [2.75, 3.05) is 13.2 Å². The van der Waals surface area contributed by atoms with Gasteiger partial charge in [0.15, 0.2) is 6.10 Å². The topological polar surface area (TPSA) is 78.9 Å². The van der Waals surface area contributed by atoms with E-state index in [9.17, 15) is 14.4 Å². The first-order chi connectivity index (χ1) is 40.5. The van der Waals surface area contributed by atoms with Crippen molar-refractivity contribution in [1.29, 1.82) is 0 Å². The van der Waals surface area contributed by atoms with Crippen molar-refractivity contribution in [3.63, 3.8) is 0 Å². The maximum Gasteiger partial charge on any atom is 0.306 e. The second-order valence-electron chi connectivity index (χ2n) is 20.9. The van der Waals surface area contributed by atoms with Crippen LogP contribution in [0.3, 0.4) is 0 Å². The van der Waals surface area contributed by atoms with Crippen LogP contribution in [0.4, 0.5) is 0 Å². The average Bonchev–Trinajstić information content (AvgIpc) is 3.47. The quantitative estimate of drug-likeness (QED) is 0.0261. The molecule has 82 heavy (non-hydrogen) atoms. The molecule has 0 aliphatic heterocycles. The molecule has 0 saturated carbocycles. The molecule has 0 N–H and O–H groups in total. The number of esters is 3. The van der Waals surface area contributed by atoms with Crippen molar-refractivity contribution in [3.05, 3.63) is 182 Å². The van der Waals surface area contributed by atoms with E-state index in [1.54, 1.807) is 0 Å². The zero-order valence-electron chi connectivity index (χ0n) is 52.4. The van der Waals surface area contributed by atoms with Gasteiger partial charge in [-0.2, -0.15) is 0 Å². The summed E-state index contributed by atoms with van der Waals surface area (Å²) < 4.78 is 16.9. The molecule has 0 aromatic rings. The Hall–Kier alpha value is -5.49. The molecule has 1 unspecified atom stereocenters. The average molecular weight is 1130 g/mol. The third-order valence-electron chi connectivity index (χ3n) is 13.1. The lowest BCUT2D eigenvalue weighted by Gasteiger charge is -2.18. The second kappa shape index (κ2) is 68.0. The Bertz CT molecular complexity index is 1920. The SMILES string of the molecule is CC/C=C\C/C=C\C/C=C\C/C=C\C/C=C\C/C=C\C/C=C\CCCCCC(=O)OCC(COC(=O)CCCCCCC/C=C\CCCCCCC)OC(=O)CCCCC/C=C\C/C=C\C/C=C\C/C=C\C/C=C\C/C=C\C/C=C\CC. The van der Waals surface area contributed by atoms with E-state index in [-0.39, 0.29) is 37.5 Å². The highest BCUT2D eigenvalue weighted by atomic mass is 16.6. The van der Waals surface area contributed by atoms with Crippen molar-refractivity contribution in [2.45, 2.75) is 264 Å². The van der Waals surface area contributed by atoms with Crippen LogP contribution >= 0.6 is 0 Å². The van der Waals surface area contributed by atoms with Crippen LogP contribution in [0.1, 0.15) is 258 Å². The molecule has 0 rings (SSSR count). The van der Waals surface area contributed by atoms with E-state index >= 15 is 0 Å². The highest BCUT2D eigenvalue weighted by Crippen LogP contribution is 2.13. The Morgan fingerprint density at radius 1 is 0.256 bits per heavy atom. The summed E-state index contributed by atoms with van der Waals surface area (Å²) in [6.45, 7) is 6.33. The molecule has 458 valence electrons. The monoisotopic (exact) mass is 1130 g/mol. The third kappa shape index (κ3) is 65.3. The Kier molecular flexibility index (Phi) is 63.5. The van der Waals surface area contributed by atoms with Gasteiger partial charge in [0.05, 0.1) is 0 Å². The summed E-state index contributed by atoms with van der Waals surface area (Å²) in [5, 5.41) is 0. The molecule has 0 heterocycles. The fraction of sp³-hybridized carbons (Fsp3) is 0.566. The van der Waals surface area contributed by atoms with Gasteiger partial charge in [-0.3, -0.25) is 14.4 Å². The first kappa shape index (κ1) is 76.5. The molecule has 0 saturated heterocycles. The molecule has 6 nitrogen and oxygen atoms in total. The van der Waals surface area contributed by atoms with Gasteiger partial charge >= 0.3 is 17.9 Å². The van der Waals surface area contributed by atoms with E-state index in [0.29, 0.717) is 19.3 Å². The minimum absolute atomic E-state index is 0.116. The minimum Gasteiger partial charge on any atom is -0.462 e. The standard InChI is InChI=1S/C76H118O6/c1-4-7-10-13-16-19-22-25-28-30-32-34-36-38-40-42-44-46-48-51-54-57-60-63-66-69-75(78)81-72-73(71-80-74(77)68-65-62-59-56-53-50-27-24-21-18-15-12-9-6-3)82-76(79)70-67-64-61-58-55-52-49-47-45-43-41-39-37-35-33-31-29-26-23-20-17-14-11-8-5-2/h7-8,10-11,16-17,19-20,24-29,32-35,38-41,44-47,51-52,54-55,73H,4-6,9,12-15,18,21-23,30-31,36-37,42-43,48-50,53,56-72H2,1-3H3/b10-7-,11-8-,19-16-,20-17-,27-24-,28-25-,29-26-,34-32-,35-33-,40-38-,41-39-,46-44-,47-45-,54-51-,55-52-. The molecule has 0 aliphatic rings. The molecule has 1 atom stereocenters. The number of hydrogen-bond donors (Lipinski definition) is 0. The Labute approximate surface area is 504 Å². The van der Waals surface area contributed by atoms with Crippen molar-refractivity contribution >= 4 is 17.9 Å². The second-order valence-corrected chi connectivity index (χ2v) is 20.9. The Balaban J connectivity index is 4.54. The van der Waals surface area contributed by atoms with Gasteiger partial charge in [0, 0.05) is 19.3 Å². The van der Waals surface area contributed by atoms with Crippen molar-refractivity contribution in [1.82, 2.24) is 0 Å². The Morgan fingerprint density at radius 2 is 0.476 bits per heavy atom. The number of unbranched alkanes of at least 4 members (excludes halogenated alkanes) is 16. The predicted octanol–water partition coefficient (Wildman–Crippen LogP) is 22.8. The summed E-state index contributed by atoms with van der Waals surface area (Å²) in [7, 11) is 0. The van der Waals surface area contributed by atoms with Crippen molar-refractivity contribution in [2.24, 2.45) is 0 Å². The Morgan fingerprint density at radius 3 is 0.768 bits per heavy atom. The lowest BCUT2D eigenvalue weighted by Crippen LogP contribution is -2.30. The smallest absolute Gasteiger partial charge is 0.306 e. The fourth-order valence-electron chi connectivity index (χ4n) is 8.28. The van der Waals surface area contributed by atoms with E-state index in [1.165, 1.54) is 44.9 Å². The lowest BCUT2D eigenvalue weighted by atomic mass is 10.1. The van der Waals surface area contributed by atoms with Gasteiger partial charge in [-0.15, -0.1) is 0 Å². The van der Waals surface area contributed by atoms with Gasteiger partial charge in [0.2, 0.25) is 0 Å². The highest BCUT2D eigenvalue weighted by Gasteiger charge is 2.19. The van der Waals surface area contributed by atoms with Crippen LogP contribution in [0, 0.1) is 0 Å². The zero-order valence-corrected chi connectivity index (χ0v) is 52.4. The minimum atomic E-state index is -0.826. The maximum absolute atomic E-state index is 12.9. The highest BCUT2D eigenvalue weighted by molar-refractivity contribution is 5.71. The van der Waals surface area contributed by atoms with Crippen LogP contribution in [0.15, 0.2) is 182 Å². The number of hydrogen-bond acceptors (Lipinski definition) is 6. The molecule has 6 heteroatoms. The van der Waals surface area contributed by atoms with Gasteiger partial charge in [0.25, 0.3) is 0 Å². The van der Waals surface area contributed by atoms with E-state index in [1.807, 2.05) is 0 Å². The maximum atomic E-state index is 12.9. The molecular formula is C76H118O6. The van der Waals surface area contributed by atoms with Crippen LogP contribution in [0.25, 0.3) is 0 Å². The molecule has 0 spiro atoms. The van der Waals surface area contributed by atoms with Crippen LogP contribution < -0.4 is 0 Å². The number of ether oxygens (including phenoxy) is 3. The van der Waals surface area contributed by atoms with Gasteiger partial charge in [0.1, 0.15) is 13.2 Å². The number of rotatable bonds is 57. The van der Waals surface area contributed by atoms with Gasteiger partial charge in [-0.05, 0) is 161 Å². The molecule has 0 aliphatic carbocycles. The lowest BCUT2D eigenvalue weighted by molar-refractivity contribution is -0.167. The molecule has 0 fully saturated rings. The van der Waals surface area contributed by atoms with E-state index in [4.69, 9.17) is 14.2 Å². The van der Waals surface area contributed by atoms with E-state index in [0.717, 1.165) is 167 Å². The van der Waals surface area contributed by atoms with Crippen LogP contribution in [0.2, 0.25) is 0 Å². The summed E-state index contributed by atoms with van der Waals surface area (Å²) in [6, 6.07) is 0. The van der Waals surface area contributed by atoms with Gasteiger partial charge in [-0.25, -0.2) is 0 Å². The largest absolute Gasteiger partial charge is 0.462 e. The molecule has 0 amide bonds. The summed E-state index contributed by atoms with van der Waals surface area (Å²) in [5.74, 6) is -0.997. The first-order valence-electron chi connectivity index (χ1n) is 32.8. The van der Waals surface area contributed by atoms with Crippen LogP contribution in [-0.4, -0.2) is 37.2 Å². The molecule has 0 radical (unpaired) electrons. The van der Waals surface area contributed by atoms with Gasteiger partial charge < -0.3 is 14.2 Å². The zero-order chi connectivity index (χ0) is 59.2. The number of carbonyl (C=O) groups is 3. The summed E-state index contributed by atoms with van der Waals surface area (Å²) >= 11 is 0. The molecule has 0 aromatic carbocycles. The van der Waals surface area contributed by atoms with E-state index in [2.05, 4.69) is 203 Å². The summed E-state index contributed by atoms with van der Waals surface area (Å²) in [4.78, 5) is 38.4.